The van der Waals surface area contributed by atoms with E-state index in [2.05, 4.69) is 20.2 Å². The Morgan fingerprint density at radius 3 is 2.81 bits per heavy atom. The van der Waals surface area contributed by atoms with Crippen LogP contribution in [0.25, 0.3) is 11.3 Å². The Morgan fingerprint density at radius 1 is 1.19 bits per heavy atom. The Bertz CT molecular complexity index is 1090. The average Bonchev–Trinajstić information content (AvgIpc) is 3.03. The van der Waals surface area contributed by atoms with Crippen LogP contribution in [0.15, 0.2) is 34.0 Å². The minimum Gasteiger partial charge on any atom is -0.314 e. The molecule has 0 fully saturated rings. The van der Waals surface area contributed by atoms with Gasteiger partial charge in [0.1, 0.15) is 0 Å². The predicted molar refractivity (Wildman–Crippen MR) is 89.4 cm³/mol. The highest BCUT2D eigenvalue weighted by atomic mass is 19.2. The van der Waals surface area contributed by atoms with Crippen LogP contribution in [0.5, 0.6) is 0 Å². The van der Waals surface area contributed by atoms with Gasteiger partial charge in [0, 0.05) is 54.6 Å². The van der Waals surface area contributed by atoms with Crippen LogP contribution in [-0.4, -0.2) is 31.6 Å². The van der Waals surface area contributed by atoms with Crippen LogP contribution in [0, 0.1) is 11.6 Å². The summed E-state index contributed by atoms with van der Waals surface area (Å²) >= 11 is 0. The van der Waals surface area contributed by atoms with E-state index in [1.165, 1.54) is 12.3 Å². The molecule has 3 aromatic rings. The summed E-state index contributed by atoms with van der Waals surface area (Å²) in [6.45, 7) is 1.55. The fraction of sp³-hybridized carbons (Fsp3) is 0.235. The van der Waals surface area contributed by atoms with Gasteiger partial charge in [0.15, 0.2) is 11.6 Å². The zero-order chi connectivity index (χ0) is 18.3. The van der Waals surface area contributed by atoms with Gasteiger partial charge in [-0.25, -0.2) is 13.6 Å². The lowest BCUT2D eigenvalue weighted by Crippen LogP contribution is -2.34. The molecule has 3 heterocycles. The molecule has 0 saturated heterocycles. The summed E-state index contributed by atoms with van der Waals surface area (Å²) in [5.74, 6) is -1.83. The lowest BCUT2D eigenvalue weighted by Gasteiger charge is -2.26. The molecule has 2 aromatic heterocycles. The third-order valence-electron chi connectivity index (χ3n) is 4.50. The zero-order valence-corrected chi connectivity index (χ0v) is 13.6. The zero-order valence-electron chi connectivity index (χ0n) is 13.6. The molecule has 4 rings (SSSR count). The van der Waals surface area contributed by atoms with Crippen molar-refractivity contribution in [2.24, 2.45) is 0 Å². The minimum absolute atomic E-state index is 0.355. The van der Waals surface area contributed by atoms with Crippen LogP contribution >= 0.6 is 0 Å². The van der Waals surface area contributed by atoms with Crippen LogP contribution in [0.1, 0.15) is 16.8 Å². The second-order valence-electron chi connectivity index (χ2n) is 6.22. The molecule has 0 amide bonds. The van der Waals surface area contributed by atoms with E-state index >= 15 is 0 Å². The fourth-order valence-corrected chi connectivity index (χ4v) is 3.16. The average molecular weight is 359 g/mol. The predicted octanol–water partition coefficient (Wildman–Crippen LogP) is 1.29. The number of hydrogen-bond acceptors (Lipinski definition) is 4. The van der Waals surface area contributed by atoms with Crippen molar-refractivity contribution in [1.29, 1.82) is 0 Å². The van der Waals surface area contributed by atoms with Gasteiger partial charge in [-0.2, -0.15) is 5.10 Å². The van der Waals surface area contributed by atoms with E-state index in [-0.39, 0.29) is 0 Å². The van der Waals surface area contributed by atoms with Gasteiger partial charge in [0.2, 0.25) is 0 Å². The molecule has 134 valence electrons. The summed E-state index contributed by atoms with van der Waals surface area (Å²) in [7, 11) is 0. The highest BCUT2D eigenvalue weighted by molar-refractivity contribution is 5.64. The number of aromatic amines is 3. The summed E-state index contributed by atoms with van der Waals surface area (Å²) in [6.07, 6.45) is 2.09. The number of hydrogen-bond donors (Lipinski definition) is 3. The van der Waals surface area contributed by atoms with Crippen molar-refractivity contribution in [2.45, 2.75) is 19.5 Å². The van der Waals surface area contributed by atoms with Crippen LogP contribution in [0.4, 0.5) is 8.78 Å². The Morgan fingerprint density at radius 2 is 2.04 bits per heavy atom. The van der Waals surface area contributed by atoms with Gasteiger partial charge in [-0.1, -0.05) is 0 Å². The lowest BCUT2D eigenvalue weighted by atomic mass is 10.0. The number of benzene rings is 1. The second kappa shape index (κ2) is 6.34. The van der Waals surface area contributed by atoms with E-state index in [1.54, 1.807) is 0 Å². The second-order valence-corrected chi connectivity index (χ2v) is 6.22. The highest BCUT2D eigenvalue weighted by Gasteiger charge is 2.24. The van der Waals surface area contributed by atoms with Crippen molar-refractivity contribution in [3.63, 3.8) is 0 Å². The molecule has 1 aliphatic heterocycles. The van der Waals surface area contributed by atoms with Gasteiger partial charge in [0.05, 0.1) is 5.69 Å². The van der Waals surface area contributed by atoms with Crippen molar-refractivity contribution in [3.05, 3.63) is 73.7 Å². The van der Waals surface area contributed by atoms with Gasteiger partial charge < -0.3 is 4.98 Å². The smallest absolute Gasteiger partial charge is 0.314 e. The highest BCUT2D eigenvalue weighted by Crippen LogP contribution is 2.29. The minimum atomic E-state index is -0.924. The Labute approximate surface area is 145 Å². The standard InChI is InChI=1S/C17H15F2N5O2/c18-12-2-1-9(5-13(12)19)15-11-8-24(4-3-14(11)22-23-15)7-10-6-20-17(26)21-16(10)25/h1-2,5-6H,3-4,7-8H2,(H,22,23)(H2,20,21,25,26). The number of fused-ring (bicyclic) bond motifs is 1. The summed E-state index contributed by atoms with van der Waals surface area (Å²) in [5.41, 5.74) is 2.37. The van der Waals surface area contributed by atoms with E-state index in [1.807, 2.05) is 4.90 Å². The van der Waals surface area contributed by atoms with Crippen molar-refractivity contribution in [3.8, 4) is 11.3 Å². The van der Waals surface area contributed by atoms with Crippen molar-refractivity contribution in [2.75, 3.05) is 6.54 Å². The SMILES string of the molecule is O=c1[nH]cc(CN2CCc3[nH]nc(-c4ccc(F)c(F)c4)c3C2)c(=O)[nH]1. The molecular formula is C17H15F2N5O2. The first-order chi connectivity index (χ1) is 12.5. The summed E-state index contributed by atoms with van der Waals surface area (Å²) in [6, 6.07) is 3.68. The first kappa shape index (κ1) is 16.4. The first-order valence-electron chi connectivity index (χ1n) is 8.06. The van der Waals surface area contributed by atoms with Crippen LogP contribution < -0.4 is 11.2 Å². The maximum atomic E-state index is 13.6. The topological polar surface area (TPSA) is 97.6 Å². The third kappa shape index (κ3) is 2.97. The molecule has 0 spiro atoms. The van der Waals surface area contributed by atoms with Crippen molar-refractivity contribution < 1.29 is 8.78 Å². The Balaban J connectivity index is 1.62. The third-order valence-corrected chi connectivity index (χ3v) is 4.50. The largest absolute Gasteiger partial charge is 0.325 e. The van der Waals surface area contributed by atoms with Gasteiger partial charge >= 0.3 is 5.69 Å². The van der Waals surface area contributed by atoms with E-state index in [0.717, 1.165) is 23.4 Å². The van der Waals surface area contributed by atoms with Crippen molar-refractivity contribution >= 4 is 0 Å². The summed E-state index contributed by atoms with van der Waals surface area (Å²) in [4.78, 5) is 29.7. The maximum absolute atomic E-state index is 13.6. The molecule has 0 atom stereocenters. The monoisotopic (exact) mass is 359 g/mol. The molecule has 7 nitrogen and oxygen atoms in total. The molecule has 1 aromatic carbocycles. The van der Waals surface area contributed by atoms with Gasteiger partial charge in [-0.05, 0) is 18.2 Å². The van der Waals surface area contributed by atoms with Crippen LogP contribution in [-0.2, 0) is 19.5 Å². The van der Waals surface area contributed by atoms with Gasteiger partial charge in [0.25, 0.3) is 5.56 Å². The molecule has 0 radical (unpaired) electrons. The molecule has 0 bridgehead atoms. The Hall–Kier alpha value is -3.07. The molecule has 0 aliphatic carbocycles. The number of halogens is 2. The Kier molecular flexibility index (Phi) is 4.00. The molecule has 3 N–H and O–H groups in total. The molecule has 1 aliphatic rings. The summed E-state index contributed by atoms with van der Waals surface area (Å²) < 4.78 is 26.7. The van der Waals surface area contributed by atoms with Crippen molar-refractivity contribution in [1.82, 2.24) is 25.1 Å². The normalized spacial score (nSPS) is 14.4. The quantitative estimate of drug-likeness (QED) is 0.656. The van der Waals surface area contributed by atoms with Gasteiger partial charge in [-0.15, -0.1) is 0 Å². The van der Waals surface area contributed by atoms with E-state index in [4.69, 9.17) is 0 Å². The number of nitrogens with one attached hydrogen (secondary N) is 3. The van der Waals surface area contributed by atoms with Crippen LogP contribution in [0.2, 0.25) is 0 Å². The number of aromatic nitrogens is 4. The molecule has 0 saturated carbocycles. The number of H-pyrrole nitrogens is 3. The molecule has 26 heavy (non-hydrogen) atoms. The van der Waals surface area contributed by atoms with Gasteiger partial charge in [-0.3, -0.25) is 19.8 Å². The van der Waals surface area contributed by atoms with E-state index in [0.29, 0.717) is 42.9 Å². The summed E-state index contributed by atoms with van der Waals surface area (Å²) in [5, 5.41) is 7.21. The lowest BCUT2D eigenvalue weighted by molar-refractivity contribution is 0.243. The molecular weight excluding hydrogens is 344 g/mol. The maximum Gasteiger partial charge on any atom is 0.325 e. The first-order valence-corrected chi connectivity index (χ1v) is 8.06. The van der Waals surface area contributed by atoms with E-state index < -0.39 is 22.9 Å². The number of rotatable bonds is 3. The van der Waals surface area contributed by atoms with E-state index in [9.17, 15) is 18.4 Å². The molecule has 0 unspecified atom stereocenters. The van der Waals surface area contributed by atoms with Crippen LogP contribution in [0.3, 0.4) is 0 Å². The fourth-order valence-electron chi connectivity index (χ4n) is 3.16. The number of nitrogens with zero attached hydrogens (tertiary/aromatic N) is 2. The molecule has 9 heteroatoms.